The van der Waals surface area contributed by atoms with E-state index in [0.29, 0.717) is 12.2 Å². The summed E-state index contributed by atoms with van der Waals surface area (Å²) in [6.45, 7) is 31.0. The number of nitrogens with one attached hydrogen (secondary N) is 4. The topological polar surface area (TPSA) is 299 Å². The zero-order chi connectivity index (χ0) is 72.0. The van der Waals surface area contributed by atoms with E-state index in [1.54, 1.807) is 54.5 Å². The normalized spacial score (nSPS) is 26.6. The van der Waals surface area contributed by atoms with Crippen LogP contribution < -0.4 is 21.3 Å². The predicted octanol–water partition coefficient (Wildman–Crippen LogP) is 4.68. The van der Waals surface area contributed by atoms with Crippen LogP contribution in [0.2, 0.25) is 0 Å². The van der Waals surface area contributed by atoms with E-state index < -0.39 is 161 Å². The molecule has 1 aliphatic heterocycles. The number of unbranched alkanes of at least 4 members (excludes halogenated alkanes) is 2. The predicted molar refractivity (Wildman–Crippen MR) is 366 cm³/mol. The van der Waals surface area contributed by atoms with Gasteiger partial charge in [-0.05, 0) is 114 Å². The Morgan fingerprint density at radius 1 is 0.495 bits per heavy atom. The van der Waals surface area contributed by atoms with Crippen LogP contribution in [0.5, 0.6) is 0 Å². The molecule has 0 bridgehead atoms. The largest absolute Gasteiger partial charge is 0.390 e. The van der Waals surface area contributed by atoms with E-state index in [2.05, 4.69) is 28.2 Å². The molecule has 6 N–H and O–H groups in total. The zero-order valence-electron chi connectivity index (χ0n) is 61.2. The monoisotopic (exact) mass is 1330 g/mol. The number of allylic oxidation sites excluding steroid dienone is 2. The molecule has 0 aromatic carbocycles. The van der Waals surface area contributed by atoms with Crippen LogP contribution in [0, 0.1) is 35.5 Å². The Morgan fingerprint density at radius 3 is 1.41 bits per heavy atom. The van der Waals surface area contributed by atoms with E-state index in [1.165, 1.54) is 113 Å². The van der Waals surface area contributed by atoms with Gasteiger partial charge in [-0.15, -0.1) is 0 Å². The molecule has 1 rings (SSSR count). The first-order chi connectivity index (χ1) is 43.0. The number of carbonyl (C=O) groups is 11. The van der Waals surface area contributed by atoms with E-state index >= 15 is 28.8 Å². The molecule has 93 heavy (non-hydrogen) atoms. The van der Waals surface area contributed by atoms with Gasteiger partial charge in [0.2, 0.25) is 65.0 Å². The van der Waals surface area contributed by atoms with Crippen LogP contribution in [-0.4, -0.2) is 248 Å². The molecule has 0 saturated carbocycles. The third-order valence-corrected chi connectivity index (χ3v) is 18.7. The van der Waals surface area contributed by atoms with Gasteiger partial charge in [0.25, 0.3) is 0 Å². The lowest BCUT2D eigenvalue weighted by molar-refractivity contribution is -0.157. The fourth-order valence-electron chi connectivity index (χ4n) is 11.6. The summed E-state index contributed by atoms with van der Waals surface area (Å²) in [6, 6.07) is -14.3. The molecule has 0 unspecified atom stereocenters. The average Bonchev–Trinajstić information content (AvgIpc) is 0.853. The number of amides is 11. The molecule has 0 aliphatic carbocycles. The second-order valence-corrected chi connectivity index (χ2v) is 29.6. The molecule has 1 saturated heterocycles. The van der Waals surface area contributed by atoms with Crippen molar-refractivity contribution in [3.63, 3.8) is 0 Å². The van der Waals surface area contributed by atoms with Gasteiger partial charge in [0.15, 0.2) is 0 Å². The van der Waals surface area contributed by atoms with Gasteiger partial charge in [-0.25, -0.2) is 0 Å². The zero-order valence-corrected chi connectivity index (χ0v) is 62.1. The number of hydrogen-bond acceptors (Lipinski definition) is 14. The van der Waals surface area contributed by atoms with Crippen LogP contribution in [-0.2, 0) is 52.7 Å². The summed E-state index contributed by atoms with van der Waals surface area (Å²) in [5.74, 6) is -9.52. The van der Waals surface area contributed by atoms with E-state index in [-0.39, 0.29) is 55.6 Å². The van der Waals surface area contributed by atoms with Crippen LogP contribution >= 0.6 is 11.8 Å². The first-order valence-electron chi connectivity index (χ1n) is 33.6. The summed E-state index contributed by atoms with van der Waals surface area (Å²) < 4.78 is 0. The highest BCUT2D eigenvalue weighted by Gasteiger charge is 2.47. The van der Waals surface area contributed by atoms with Gasteiger partial charge in [-0.1, -0.05) is 115 Å². The number of aliphatic hydroxyl groups excluding tert-OH is 1. The number of aliphatic hydroxyl groups is 2. The number of rotatable bonds is 21. The minimum Gasteiger partial charge on any atom is -0.390 e. The van der Waals surface area contributed by atoms with Crippen LogP contribution in [0.1, 0.15) is 182 Å². The second-order valence-electron chi connectivity index (χ2n) is 28.5. The molecule has 25 heteroatoms. The fourth-order valence-corrected chi connectivity index (χ4v) is 12.8. The van der Waals surface area contributed by atoms with Gasteiger partial charge in [-0.3, -0.25) is 52.7 Å². The lowest BCUT2D eigenvalue weighted by Gasteiger charge is -2.41. The van der Waals surface area contributed by atoms with Crippen LogP contribution in [0.3, 0.4) is 0 Å². The molecule has 0 radical (unpaired) electrons. The highest BCUT2D eigenvalue weighted by molar-refractivity contribution is 7.99. The van der Waals surface area contributed by atoms with Gasteiger partial charge in [0.05, 0.1) is 11.7 Å². The number of hydrogen-bond donors (Lipinski definition) is 6. The molecule has 0 aromatic heterocycles. The van der Waals surface area contributed by atoms with E-state index in [9.17, 15) is 34.2 Å². The lowest BCUT2D eigenvalue weighted by Crippen LogP contribution is -2.64. The SMILES string of the molecule is C/C=C/C[C@@H](C)[C@@H](O)[C@H]1C(=O)N[C@@H](CC)C(=O)N(C)[C@H](CSCCCCC)C(=O)N(C)[C@@H](CC(C)(C)O)C(=O)N[C@@H](C(C)C)C(=O)N(C)[C@@H](CC(C)C)C(=O)N[C@@H](C)C(=O)N[C@H](C)C(=O)N(C)[C@@H](CC(C)C)C(=O)N(C)[C@@H](CC(C)C)C(=O)N(C)[C@@H](C(C)C)C(=O)N1C. The van der Waals surface area contributed by atoms with Crippen LogP contribution in [0.4, 0.5) is 0 Å². The van der Waals surface area contributed by atoms with Crippen LogP contribution in [0.25, 0.3) is 0 Å². The number of carbonyl (C=O) groups excluding carboxylic acids is 11. The van der Waals surface area contributed by atoms with Crippen molar-refractivity contribution in [3.8, 4) is 0 Å². The minimum atomic E-state index is -1.65. The number of likely N-dealkylation sites (N-methyl/N-ethyl adjacent to an activating group) is 7. The maximum absolute atomic E-state index is 15.3. The highest BCUT2D eigenvalue weighted by atomic mass is 32.2. The van der Waals surface area contributed by atoms with Gasteiger partial charge < -0.3 is 65.8 Å². The van der Waals surface area contributed by atoms with Crippen molar-refractivity contribution in [1.82, 2.24) is 55.6 Å². The van der Waals surface area contributed by atoms with Crippen molar-refractivity contribution in [3.05, 3.63) is 12.2 Å². The standard InChI is InChI=1S/C68H123N11O13S/c1-26-29-31-33-93-38-52-65(89)76(22)51(37-68(17,18)92)59(83)72-53(42(10)11)66(90)73(19)48(34-39(4)5)58(82)69-45(15)57(81)70-46(16)61(85)74(20)49(35-40(6)7)63(87)75(21)50(36-41(8)9)64(88)78(24)54(43(12)13)67(91)79(25)55(56(80)44(14)32-30-27-2)60(84)71-47(28-3)62(86)77(52)23/h27,30,39-56,80,92H,26,28-29,31-38H2,1-25H3,(H,69,82)(H,70,81)(H,71,84)(H,72,83)/b30-27+/t44-,45+,46-,47+,48+,49+,50+,51+,52-,53+,54+,55+,56-/m1/s1. The van der Waals surface area contributed by atoms with E-state index in [1.807, 2.05) is 47.6 Å². The molecule has 1 heterocycles. The van der Waals surface area contributed by atoms with Crippen molar-refractivity contribution < 1.29 is 63.0 Å². The molecule has 11 amide bonds. The van der Waals surface area contributed by atoms with Gasteiger partial charge in [-0.2, -0.15) is 11.8 Å². The Morgan fingerprint density at radius 2 is 0.935 bits per heavy atom. The summed E-state index contributed by atoms with van der Waals surface area (Å²) in [4.78, 5) is 172. The Kier molecular flexibility index (Phi) is 36.0. The second kappa shape index (κ2) is 39.3. The Hall–Kier alpha value is -5.82. The molecule has 534 valence electrons. The first-order valence-corrected chi connectivity index (χ1v) is 34.8. The Balaban J connectivity index is 4.56. The third-order valence-electron chi connectivity index (χ3n) is 17.5. The summed E-state index contributed by atoms with van der Waals surface area (Å²) >= 11 is 1.42. The first kappa shape index (κ1) is 85.2. The third kappa shape index (κ3) is 25.0. The fraction of sp³-hybridized carbons (Fsp3) is 0.809. The average molecular weight is 1330 g/mol. The van der Waals surface area contributed by atoms with E-state index in [4.69, 9.17) is 0 Å². The maximum Gasteiger partial charge on any atom is 0.246 e. The van der Waals surface area contributed by atoms with Crippen molar-refractivity contribution >= 4 is 76.7 Å². The van der Waals surface area contributed by atoms with Crippen molar-refractivity contribution in [1.29, 1.82) is 0 Å². The smallest absolute Gasteiger partial charge is 0.246 e. The minimum absolute atomic E-state index is 0.0171. The Bertz CT molecular complexity index is 2520. The summed E-state index contributed by atoms with van der Waals surface area (Å²) in [5, 5.41) is 34.7. The highest BCUT2D eigenvalue weighted by Crippen LogP contribution is 2.27. The van der Waals surface area contributed by atoms with E-state index in [0.717, 1.165) is 29.1 Å². The quantitative estimate of drug-likeness (QED) is 0.0673. The molecule has 24 nitrogen and oxygen atoms in total. The molecule has 1 fully saturated rings. The van der Waals surface area contributed by atoms with Gasteiger partial charge in [0, 0.05) is 61.5 Å². The van der Waals surface area contributed by atoms with Gasteiger partial charge in [0.1, 0.15) is 66.5 Å². The molecule has 0 aromatic rings. The summed E-state index contributed by atoms with van der Waals surface area (Å²) in [5.41, 5.74) is -1.57. The summed E-state index contributed by atoms with van der Waals surface area (Å²) in [7, 11) is 9.89. The Labute approximate surface area is 562 Å². The molecule has 1 aliphatic rings. The number of nitrogens with zero attached hydrogens (tertiary/aromatic N) is 7. The van der Waals surface area contributed by atoms with Gasteiger partial charge >= 0.3 is 0 Å². The van der Waals surface area contributed by atoms with Crippen molar-refractivity contribution in [2.24, 2.45) is 35.5 Å². The molecular formula is C68H123N11O13S. The molecule has 13 atom stereocenters. The summed E-state index contributed by atoms with van der Waals surface area (Å²) in [6.07, 6.45) is 5.03. The number of thioether (sulfide) groups is 1. The molecular weight excluding hydrogens is 1210 g/mol. The lowest BCUT2D eigenvalue weighted by atomic mass is 9.91. The maximum atomic E-state index is 15.3. The van der Waals surface area contributed by atoms with Crippen molar-refractivity contribution in [2.45, 2.75) is 261 Å². The molecule has 0 spiro atoms. The van der Waals surface area contributed by atoms with Crippen LogP contribution in [0.15, 0.2) is 12.2 Å². The van der Waals surface area contributed by atoms with Crippen molar-refractivity contribution in [2.75, 3.05) is 60.8 Å².